The van der Waals surface area contributed by atoms with Gasteiger partial charge in [0.15, 0.2) is 0 Å². The van der Waals surface area contributed by atoms with E-state index in [-0.39, 0.29) is 6.01 Å². The summed E-state index contributed by atoms with van der Waals surface area (Å²) in [7, 11) is 1.61. The van der Waals surface area contributed by atoms with Crippen molar-refractivity contribution < 1.29 is 9.84 Å². The van der Waals surface area contributed by atoms with Crippen LogP contribution in [0, 0.1) is 0 Å². The molecule has 5 nitrogen and oxygen atoms in total. The smallest absolute Gasteiger partial charge is 0.333 e. The molecule has 1 aromatic heterocycles. The molecule has 1 heterocycles. The summed E-state index contributed by atoms with van der Waals surface area (Å²) in [5.41, 5.74) is 0.818. The van der Waals surface area contributed by atoms with Gasteiger partial charge in [0.05, 0.1) is 12.8 Å². The number of methoxy groups -OCH3 is 1. The van der Waals surface area contributed by atoms with Crippen LogP contribution in [0.4, 0.5) is 0 Å². The van der Waals surface area contributed by atoms with E-state index in [1.165, 1.54) is 11.0 Å². The van der Waals surface area contributed by atoms with Crippen LogP contribution in [0.25, 0.3) is 5.69 Å². The number of hydrogen-bond acceptors (Lipinski definition) is 4. The third-order valence-corrected chi connectivity index (χ3v) is 1.82. The van der Waals surface area contributed by atoms with E-state index in [1.807, 2.05) is 24.3 Å². The van der Waals surface area contributed by atoms with Crippen molar-refractivity contribution in [3.63, 3.8) is 0 Å². The average Bonchev–Trinajstić information content (AvgIpc) is 2.65. The highest BCUT2D eigenvalue weighted by Crippen LogP contribution is 2.14. The number of aromatic nitrogens is 3. The summed E-state index contributed by atoms with van der Waals surface area (Å²) in [6.45, 7) is 0. The highest BCUT2D eigenvalue weighted by Gasteiger charge is 2.00. The van der Waals surface area contributed by atoms with Crippen molar-refractivity contribution >= 4 is 0 Å². The summed E-state index contributed by atoms with van der Waals surface area (Å²) in [6, 6.07) is 7.04. The zero-order chi connectivity index (χ0) is 9.97. The van der Waals surface area contributed by atoms with Gasteiger partial charge in [-0.15, -0.1) is 5.10 Å². The summed E-state index contributed by atoms with van der Waals surface area (Å²) in [6.07, 6.45) is 1.44. The first-order chi connectivity index (χ1) is 6.79. The molecule has 0 saturated heterocycles. The standard InChI is InChI=1S/C9H9N3O2/c1-14-8-4-2-7(3-5-8)12-6-10-9(13)11-12/h2-6H,1H3,(H,11,13). The molecule has 0 radical (unpaired) electrons. The Kier molecular flexibility index (Phi) is 2.06. The molecule has 0 saturated carbocycles. The second-order valence-electron chi connectivity index (χ2n) is 2.69. The van der Waals surface area contributed by atoms with E-state index in [4.69, 9.17) is 9.84 Å². The molecule has 2 aromatic rings. The molecule has 0 amide bonds. The molecule has 72 valence electrons. The summed E-state index contributed by atoms with van der Waals surface area (Å²) in [5.74, 6) is 0.776. The molecule has 1 aromatic carbocycles. The number of nitrogens with zero attached hydrogens (tertiary/aromatic N) is 3. The van der Waals surface area contributed by atoms with E-state index in [9.17, 15) is 0 Å². The lowest BCUT2D eigenvalue weighted by atomic mass is 10.3. The number of hydrogen-bond donors (Lipinski definition) is 1. The Hall–Kier alpha value is -2.04. The fourth-order valence-electron chi connectivity index (χ4n) is 1.11. The highest BCUT2D eigenvalue weighted by molar-refractivity contribution is 5.36. The Balaban J connectivity index is 2.33. The Labute approximate surface area is 80.6 Å². The predicted octanol–water partition coefficient (Wildman–Crippen LogP) is 0.981. The van der Waals surface area contributed by atoms with Crippen LogP contribution in [0.1, 0.15) is 0 Å². The largest absolute Gasteiger partial charge is 0.497 e. The zero-order valence-electron chi connectivity index (χ0n) is 7.58. The maximum Gasteiger partial charge on any atom is 0.333 e. The van der Waals surface area contributed by atoms with Crippen LogP contribution in [-0.4, -0.2) is 27.0 Å². The van der Waals surface area contributed by atoms with Crippen LogP contribution in [0.15, 0.2) is 30.6 Å². The number of aromatic hydroxyl groups is 1. The topological polar surface area (TPSA) is 60.2 Å². The SMILES string of the molecule is COc1ccc(-n2cnc(O)n2)cc1. The van der Waals surface area contributed by atoms with Crippen LogP contribution >= 0.6 is 0 Å². The maximum absolute atomic E-state index is 8.95. The third kappa shape index (κ3) is 1.52. The first-order valence-electron chi connectivity index (χ1n) is 4.04. The van der Waals surface area contributed by atoms with Crippen molar-refractivity contribution in [1.82, 2.24) is 14.8 Å². The van der Waals surface area contributed by atoms with E-state index in [0.717, 1.165) is 11.4 Å². The zero-order valence-corrected chi connectivity index (χ0v) is 7.58. The Morgan fingerprint density at radius 3 is 2.50 bits per heavy atom. The minimum Gasteiger partial charge on any atom is -0.497 e. The molecular formula is C9H9N3O2. The van der Waals surface area contributed by atoms with Gasteiger partial charge in [-0.3, -0.25) is 0 Å². The summed E-state index contributed by atoms with van der Waals surface area (Å²) in [5, 5.41) is 12.7. The van der Waals surface area contributed by atoms with Crippen LogP contribution in [-0.2, 0) is 0 Å². The molecule has 0 aliphatic carbocycles. The molecule has 0 bridgehead atoms. The molecule has 0 atom stereocenters. The molecular weight excluding hydrogens is 182 g/mol. The molecule has 2 rings (SSSR count). The molecule has 0 unspecified atom stereocenters. The lowest BCUT2D eigenvalue weighted by Gasteiger charge is -2.01. The number of benzene rings is 1. The van der Waals surface area contributed by atoms with Gasteiger partial charge in [-0.25, -0.2) is 4.68 Å². The summed E-state index contributed by atoms with van der Waals surface area (Å²) < 4.78 is 6.50. The lowest BCUT2D eigenvalue weighted by molar-refractivity contribution is 0.414. The van der Waals surface area contributed by atoms with Crippen molar-refractivity contribution in [2.24, 2.45) is 0 Å². The van der Waals surface area contributed by atoms with E-state index in [2.05, 4.69) is 10.1 Å². The van der Waals surface area contributed by atoms with E-state index in [1.54, 1.807) is 7.11 Å². The Morgan fingerprint density at radius 1 is 1.29 bits per heavy atom. The third-order valence-electron chi connectivity index (χ3n) is 1.82. The summed E-state index contributed by atoms with van der Waals surface area (Å²) in [4.78, 5) is 3.61. The van der Waals surface area contributed by atoms with E-state index < -0.39 is 0 Å². The van der Waals surface area contributed by atoms with Crippen LogP contribution in [0.2, 0.25) is 0 Å². The van der Waals surface area contributed by atoms with Gasteiger partial charge in [-0.05, 0) is 24.3 Å². The van der Waals surface area contributed by atoms with Gasteiger partial charge in [0.2, 0.25) is 0 Å². The van der Waals surface area contributed by atoms with Crippen LogP contribution in [0.3, 0.4) is 0 Å². The monoisotopic (exact) mass is 191 g/mol. The van der Waals surface area contributed by atoms with Gasteiger partial charge in [-0.1, -0.05) is 0 Å². The van der Waals surface area contributed by atoms with Crippen molar-refractivity contribution in [2.45, 2.75) is 0 Å². The Morgan fingerprint density at radius 2 is 2.00 bits per heavy atom. The Bertz CT molecular complexity index is 422. The maximum atomic E-state index is 8.95. The molecule has 1 N–H and O–H groups in total. The first-order valence-corrected chi connectivity index (χ1v) is 4.04. The molecule has 0 fully saturated rings. The van der Waals surface area contributed by atoms with Crippen molar-refractivity contribution in [1.29, 1.82) is 0 Å². The van der Waals surface area contributed by atoms with Gasteiger partial charge in [0.1, 0.15) is 12.1 Å². The number of rotatable bonds is 2. The second kappa shape index (κ2) is 3.37. The van der Waals surface area contributed by atoms with Gasteiger partial charge >= 0.3 is 6.01 Å². The molecule has 5 heteroatoms. The second-order valence-corrected chi connectivity index (χ2v) is 2.69. The van der Waals surface area contributed by atoms with Crippen molar-refractivity contribution in [3.8, 4) is 17.4 Å². The summed E-state index contributed by atoms with van der Waals surface area (Å²) >= 11 is 0. The minimum absolute atomic E-state index is 0.235. The van der Waals surface area contributed by atoms with Gasteiger partial charge in [-0.2, -0.15) is 4.98 Å². The van der Waals surface area contributed by atoms with E-state index in [0.29, 0.717) is 0 Å². The average molecular weight is 191 g/mol. The normalized spacial score (nSPS) is 10.1. The predicted molar refractivity (Wildman–Crippen MR) is 49.6 cm³/mol. The molecule has 14 heavy (non-hydrogen) atoms. The van der Waals surface area contributed by atoms with Crippen molar-refractivity contribution in [2.75, 3.05) is 7.11 Å². The molecule has 0 aliphatic rings. The fourth-order valence-corrected chi connectivity index (χ4v) is 1.11. The lowest BCUT2D eigenvalue weighted by Crippen LogP contribution is -1.93. The van der Waals surface area contributed by atoms with Gasteiger partial charge < -0.3 is 9.84 Å². The van der Waals surface area contributed by atoms with Crippen molar-refractivity contribution in [3.05, 3.63) is 30.6 Å². The van der Waals surface area contributed by atoms with Gasteiger partial charge in [0.25, 0.3) is 0 Å². The van der Waals surface area contributed by atoms with Crippen LogP contribution < -0.4 is 4.74 Å². The molecule has 0 aliphatic heterocycles. The number of ether oxygens (including phenoxy) is 1. The van der Waals surface area contributed by atoms with E-state index >= 15 is 0 Å². The fraction of sp³-hybridized carbons (Fsp3) is 0.111. The first kappa shape index (κ1) is 8.55. The highest BCUT2D eigenvalue weighted by atomic mass is 16.5. The molecule has 0 spiro atoms. The minimum atomic E-state index is -0.235. The quantitative estimate of drug-likeness (QED) is 0.768. The van der Waals surface area contributed by atoms with Crippen LogP contribution in [0.5, 0.6) is 11.8 Å². The van der Waals surface area contributed by atoms with Gasteiger partial charge in [0, 0.05) is 0 Å².